The summed E-state index contributed by atoms with van der Waals surface area (Å²) in [5.41, 5.74) is 2.00. The summed E-state index contributed by atoms with van der Waals surface area (Å²) >= 11 is 0. The number of hydrogen-bond acceptors (Lipinski definition) is 2. The first kappa shape index (κ1) is 12.9. The molecule has 0 saturated carbocycles. The second kappa shape index (κ2) is 4.63. The molecule has 1 unspecified atom stereocenters. The predicted octanol–water partition coefficient (Wildman–Crippen LogP) is 3.32. The number of carbonyl (C=O) groups is 1. The Balaban J connectivity index is 2.50. The highest BCUT2D eigenvalue weighted by molar-refractivity contribution is 5.77. The van der Waals surface area contributed by atoms with E-state index in [2.05, 4.69) is 20.8 Å². The van der Waals surface area contributed by atoms with Crippen molar-refractivity contribution in [1.29, 1.82) is 0 Å². The van der Waals surface area contributed by atoms with Gasteiger partial charge in [-0.3, -0.25) is 4.79 Å². The third-order valence-electron chi connectivity index (χ3n) is 3.44. The van der Waals surface area contributed by atoms with Crippen molar-refractivity contribution in [3.8, 4) is 5.75 Å². The number of aliphatic carboxylic acids is 1. The minimum Gasteiger partial charge on any atom is -0.493 e. The van der Waals surface area contributed by atoms with Crippen molar-refractivity contribution in [2.24, 2.45) is 0 Å². The van der Waals surface area contributed by atoms with Gasteiger partial charge < -0.3 is 9.84 Å². The van der Waals surface area contributed by atoms with Crippen LogP contribution in [0.3, 0.4) is 0 Å². The van der Waals surface area contributed by atoms with Crippen LogP contribution in [0.25, 0.3) is 0 Å². The molecule has 1 atom stereocenters. The normalized spacial score (nSPS) is 19.6. The lowest BCUT2D eigenvalue weighted by Crippen LogP contribution is -2.15. The van der Waals surface area contributed by atoms with Gasteiger partial charge in [0.1, 0.15) is 5.75 Å². The van der Waals surface area contributed by atoms with E-state index in [-0.39, 0.29) is 5.41 Å². The van der Waals surface area contributed by atoms with Crippen LogP contribution in [-0.2, 0) is 10.2 Å². The van der Waals surface area contributed by atoms with Crippen molar-refractivity contribution < 1.29 is 14.6 Å². The van der Waals surface area contributed by atoms with Crippen LogP contribution in [-0.4, -0.2) is 17.7 Å². The number of carboxylic acids is 1. The van der Waals surface area contributed by atoms with E-state index in [1.807, 2.05) is 18.2 Å². The van der Waals surface area contributed by atoms with E-state index in [9.17, 15) is 9.90 Å². The molecule has 0 amide bonds. The van der Waals surface area contributed by atoms with Crippen LogP contribution >= 0.6 is 0 Å². The maximum absolute atomic E-state index is 11.4. The Morgan fingerprint density at radius 3 is 2.72 bits per heavy atom. The van der Waals surface area contributed by atoms with Crippen molar-refractivity contribution in [1.82, 2.24) is 0 Å². The molecule has 1 heterocycles. The largest absolute Gasteiger partial charge is 0.493 e. The van der Waals surface area contributed by atoms with Crippen LogP contribution in [0.15, 0.2) is 18.2 Å². The molecule has 3 heteroatoms. The zero-order valence-electron chi connectivity index (χ0n) is 11.2. The molecular formula is C15H20O3. The van der Waals surface area contributed by atoms with E-state index < -0.39 is 11.9 Å². The van der Waals surface area contributed by atoms with E-state index in [4.69, 9.17) is 4.74 Å². The smallest absolute Gasteiger partial charge is 0.311 e. The Kier molecular flexibility index (Phi) is 3.33. The summed E-state index contributed by atoms with van der Waals surface area (Å²) in [6.45, 7) is 6.98. The number of hydrogen-bond donors (Lipinski definition) is 1. The van der Waals surface area contributed by atoms with E-state index >= 15 is 0 Å². The van der Waals surface area contributed by atoms with Crippen LogP contribution < -0.4 is 4.74 Å². The molecule has 98 valence electrons. The molecule has 0 spiro atoms. The van der Waals surface area contributed by atoms with Gasteiger partial charge in [-0.2, -0.15) is 0 Å². The van der Waals surface area contributed by atoms with Crippen LogP contribution in [0.1, 0.15) is 50.7 Å². The lowest BCUT2D eigenvalue weighted by molar-refractivity contribution is -0.138. The summed E-state index contributed by atoms with van der Waals surface area (Å²) < 4.78 is 5.63. The fraction of sp³-hybridized carbons (Fsp3) is 0.533. The molecule has 2 rings (SSSR count). The third-order valence-corrected chi connectivity index (χ3v) is 3.44. The van der Waals surface area contributed by atoms with E-state index in [1.54, 1.807) is 0 Å². The average Bonchev–Trinajstić information content (AvgIpc) is 2.48. The van der Waals surface area contributed by atoms with Crippen molar-refractivity contribution in [3.63, 3.8) is 0 Å². The highest BCUT2D eigenvalue weighted by atomic mass is 16.5. The van der Waals surface area contributed by atoms with Gasteiger partial charge in [0.25, 0.3) is 0 Å². The molecule has 0 radical (unpaired) electrons. The summed E-state index contributed by atoms with van der Waals surface area (Å²) in [5.74, 6) is -0.467. The minimum atomic E-state index is -0.757. The van der Waals surface area contributed by atoms with Gasteiger partial charge in [-0.15, -0.1) is 0 Å². The molecule has 0 saturated heterocycles. The van der Waals surface area contributed by atoms with E-state index in [1.165, 1.54) is 0 Å². The highest BCUT2D eigenvalue weighted by Crippen LogP contribution is 2.36. The van der Waals surface area contributed by atoms with Crippen molar-refractivity contribution in [2.75, 3.05) is 6.61 Å². The minimum absolute atomic E-state index is 0.0182. The van der Waals surface area contributed by atoms with Crippen molar-refractivity contribution >= 4 is 5.97 Å². The topological polar surface area (TPSA) is 46.5 Å². The summed E-state index contributed by atoms with van der Waals surface area (Å²) in [7, 11) is 0. The molecule has 0 aliphatic carbocycles. The maximum atomic E-state index is 11.4. The Hall–Kier alpha value is -1.51. The standard InChI is InChI=1S/C15H20O3/c1-15(2,3)10-6-7-13-12(9-10)11(14(16)17)5-4-8-18-13/h6-7,9,11H,4-5,8H2,1-3H3,(H,16,17). The van der Waals surface area contributed by atoms with Crippen LogP contribution in [0.2, 0.25) is 0 Å². The van der Waals surface area contributed by atoms with Gasteiger partial charge in [0, 0.05) is 5.56 Å². The lowest BCUT2D eigenvalue weighted by Gasteiger charge is -2.22. The zero-order chi connectivity index (χ0) is 13.3. The number of carboxylic acid groups (broad SMARTS) is 1. The monoisotopic (exact) mass is 248 g/mol. The fourth-order valence-corrected chi connectivity index (χ4v) is 2.30. The first-order valence-corrected chi connectivity index (χ1v) is 6.39. The van der Waals surface area contributed by atoms with Gasteiger partial charge in [-0.05, 0) is 29.9 Å². The van der Waals surface area contributed by atoms with Gasteiger partial charge in [0.05, 0.1) is 12.5 Å². The van der Waals surface area contributed by atoms with Gasteiger partial charge in [-0.25, -0.2) is 0 Å². The quantitative estimate of drug-likeness (QED) is 0.829. The molecule has 1 aromatic carbocycles. The van der Waals surface area contributed by atoms with Crippen LogP contribution in [0, 0.1) is 0 Å². The van der Waals surface area contributed by atoms with Gasteiger partial charge >= 0.3 is 5.97 Å². The van der Waals surface area contributed by atoms with Crippen molar-refractivity contribution in [2.45, 2.75) is 44.9 Å². The second-order valence-corrected chi connectivity index (χ2v) is 5.88. The van der Waals surface area contributed by atoms with Gasteiger partial charge in [-0.1, -0.05) is 32.9 Å². The number of fused-ring (bicyclic) bond motifs is 1. The molecule has 0 aromatic heterocycles. The molecule has 3 nitrogen and oxygen atoms in total. The highest BCUT2D eigenvalue weighted by Gasteiger charge is 2.27. The molecule has 0 bridgehead atoms. The maximum Gasteiger partial charge on any atom is 0.311 e. The van der Waals surface area contributed by atoms with Gasteiger partial charge in [0.15, 0.2) is 0 Å². The summed E-state index contributed by atoms with van der Waals surface area (Å²) in [6, 6.07) is 5.94. The third kappa shape index (κ3) is 2.50. The van der Waals surface area contributed by atoms with Crippen LogP contribution in [0.5, 0.6) is 5.75 Å². The zero-order valence-corrected chi connectivity index (χ0v) is 11.2. The number of benzene rings is 1. The first-order valence-electron chi connectivity index (χ1n) is 6.39. The van der Waals surface area contributed by atoms with E-state index in [0.29, 0.717) is 13.0 Å². The molecule has 1 aliphatic heterocycles. The Labute approximate surface area is 108 Å². The molecule has 1 aromatic rings. The van der Waals surface area contributed by atoms with E-state index in [0.717, 1.165) is 23.3 Å². The second-order valence-electron chi connectivity index (χ2n) is 5.88. The molecule has 18 heavy (non-hydrogen) atoms. The van der Waals surface area contributed by atoms with Gasteiger partial charge in [0.2, 0.25) is 0 Å². The average molecular weight is 248 g/mol. The summed E-state index contributed by atoms with van der Waals surface area (Å²) in [4.78, 5) is 11.4. The number of rotatable bonds is 1. The molecule has 1 N–H and O–H groups in total. The summed E-state index contributed by atoms with van der Waals surface area (Å²) in [5, 5.41) is 9.35. The Bertz CT molecular complexity index is 457. The Morgan fingerprint density at radius 1 is 1.39 bits per heavy atom. The molecule has 1 aliphatic rings. The summed E-state index contributed by atoms with van der Waals surface area (Å²) in [6.07, 6.45) is 1.44. The SMILES string of the molecule is CC(C)(C)c1ccc2c(c1)C(C(=O)O)CCCO2. The first-order chi connectivity index (χ1) is 8.39. The molecular weight excluding hydrogens is 228 g/mol. The lowest BCUT2D eigenvalue weighted by atomic mass is 9.83. The van der Waals surface area contributed by atoms with Crippen LogP contribution in [0.4, 0.5) is 0 Å². The molecule has 0 fully saturated rings. The Morgan fingerprint density at radius 2 is 2.11 bits per heavy atom. The number of ether oxygens (including phenoxy) is 1. The predicted molar refractivity (Wildman–Crippen MR) is 70.2 cm³/mol. The fourth-order valence-electron chi connectivity index (χ4n) is 2.30. The van der Waals surface area contributed by atoms with Crippen molar-refractivity contribution in [3.05, 3.63) is 29.3 Å².